The predicted molar refractivity (Wildman–Crippen MR) is 151 cm³/mol. The normalized spacial score (nSPS) is 16.8. The Morgan fingerprint density at radius 1 is 0.692 bits per heavy atom. The summed E-state index contributed by atoms with van der Waals surface area (Å²) in [7, 11) is 8.00. The molecule has 2 aromatic rings. The standard InChI is InChI=1S/C14H17N3O4.C14H17N3O/c1-17-9(13(18)16-14(17)15)5-8-6-10(19-2)12(21-4)11(7-8)20-3;1-8-5-11(6-9(2)10(8)3)7-12-13(18)16-14(15)17(12)4/h5-7H,1-4H3,(H2,15,16,18);5-7H,1-4H3,(H2,15,16,18)/b9-5-;12-7-. The van der Waals surface area contributed by atoms with Crippen molar-refractivity contribution in [1.29, 1.82) is 0 Å². The van der Waals surface area contributed by atoms with Crippen molar-refractivity contribution in [2.45, 2.75) is 20.8 Å². The maximum Gasteiger partial charge on any atom is 0.296 e. The number of carbonyl (C=O) groups excluding carboxylic acids is 2. The summed E-state index contributed by atoms with van der Waals surface area (Å²) in [6, 6.07) is 7.60. The van der Waals surface area contributed by atoms with Crippen LogP contribution in [0.15, 0.2) is 45.6 Å². The Hall–Kier alpha value is -4.80. The summed E-state index contributed by atoms with van der Waals surface area (Å²) in [5.41, 5.74) is 17.5. The third-order valence-corrected chi connectivity index (χ3v) is 6.52. The molecule has 0 aromatic heterocycles. The van der Waals surface area contributed by atoms with E-state index in [1.54, 1.807) is 37.2 Å². The van der Waals surface area contributed by atoms with E-state index < -0.39 is 0 Å². The molecule has 0 saturated heterocycles. The maximum absolute atomic E-state index is 11.8. The SMILES string of the molecule is COc1cc(/C=C2/C(=O)N=C(N)N2C)cc(OC)c1OC.Cc1cc(/C=C2/C(=O)N=C(N)N2C)cc(C)c1C. The largest absolute Gasteiger partial charge is 0.493 e. The van der Waals surface area contributed by atoms with Gasteiger partial charge in [0, 0.05) is 14.1 Å². The van der Waals surface area contributed by atoms with Gasteiger partial charge >= 0.3 is 0 Å². The van der Waals surface area contributed by atoms with E-state index in [0.29, 0.717) is 34.2 Å². The molecule has 0 unspecified atom stereocenters. The van der Waals surface area contributed by atoms with Crippen molar-refractivity contribution in [2.75, 3.05) is 35.4 Å². The van der Waals surface area contributed by atoms with Gasteiger partial charge in [-0.05, 0) is 72.9 Å². The molecular formula is C28H34N6O5. The molecule has 0 fully saturated rings. The molecule has 0 saturated carbocycles. The van der Waals surface area contributed by atoms with Crippen molar-refractivity contribution in [1.82, 2.24) is 9.80 Å². The molecule has 0 atom stereocenters. The highest BCUT2D eigenvalue weighted by atomic mass is 16.5. The number of hydrogen-bond donors (Lipinski definition) is 2. The Balaban J connectivity index is 0.000000218. The maximum atomic E-state index is 11.8. The number of rotatable bonds is 5. The Kier molecular flexibility index (Phi) is 8.64. The number of nitrogens with zero attached hydrogens (tertiary/aromatic N) is 4. The van der Waals surface area contributed by atoms with Gasteiger partial charge in [-0.2, -0.15) is 9.98 Å². The van der Waals surface area contributed by atoms with Gasteiger partial charge < -0.3 is 35.5 Å². The summed E-state index contributed by atoms with van der Waals surface area (Å²) < 4.78 is 15.8. The second-order valence-corrected chi connectivity index (χ2v) is 8.97. The summed E-state index contributed by atoms with van der Waals surface area (Å²) in [5, 5.41) is 0. The van der Waals surface area contributed by atoms with Crippen LogP contribution in [0.5, 0.6) is 17.2 Å². The van der Waals surface area contributed by atoms with E-state index in [9.17, 15) is 9.59 Å². The number of aryl methyl sites for hydroxylation is 2. The lowest BCUT2D eigenvalue weighted by atomic mass is 10.00. The van der Waals surface area contributed by atoms with Gasteiger partial charge in [-0.3, -0.25) is 9.59 Å². The van der Waals surface area contributed by atoms with E-state index in [4.69, 9.17) is 25.7 Å². The highest BCUT2D eigenvalue weighted by Crippen LogP contribution is 2.39. The number of hydrogen-bond acceptors (Lipinski definition) is 9. The number of ether oxygens (including phenoxy) is 3. The minimum atomic E-state index is -0.385. The topological polar surface area (TPSA) is 145 Å². The number of nitrogens with two attached hydrogens (primary N) is 2. The number of methoxy groups -OCH3 is 3. The quantitative estimate of drug-likeness (QED) is 0.553. The first kappa shape index (κ1) is 28.8. The lowest BCUT2D eigenvalue weighted by Gasteiger charge is -2.14. The summed E-state index contributed by atoms with van der Waals surface area (Å²) >= 11 is 0. The predicted octanol–water partition coefficient (Wildman–Crippen LogP) is 2.58. The van der Waals surface area contributed by atoms with E-state index in [2.05, 4.69) is 42.9 Å². The number of benzene rings is 2. The third kappa shape index (κ3) is 6.03. The van der Waals surface area contributed by atoms with Crippen LogP contribution in [-0.4, -0.2) is 69.0 Å². The second kappa shape index (κ2) is 11.7. The molecule has 2 heterocycles. The van der Waals surface area contributed by atoms with Crippen molar-refractivity contribution < 1.29 is 23.8 Å². The lowest BCUT2D eigenvalue weighted by Crippen LogP contribution is -2.28. The molecule has 11 heteroatoms. The number of likely N-dealkylation sites (N-methyl/N-ethyl adjacent to an activating group) is 2. The van der Waals surface area contributed by atoms with Gasteiger partial charge in [-0.1, -0.05) is 12.1 Å². The van der Waals surface area contributed by atoms with Crippen LogP contribution >= 0.6 is 0 Å². The fourth-order valence-electron chi connectivity index (χ4n) is 3.98. The Labute approximate surface area is 228 Å². The average molecular weight is 535 g/mol. The van der Waals surface area contributed by atoms with Gasteiger partial charge in [0.05, 0.1) is 21.3 Å². The van der Waals surface area contributed by atoms with Crippen LogP contribution in [0.3, 0.4) is 0 Å². The van der Waals surface area contributed by atoms with E-state index in [1.807, 2.05) is 6.08 Å². The minimum absolute atomic E-state index is 0.165. The van der Waals surface area contributed by atoms with E-state index in [-0.39, 0.29) is 23.7 Å². The first-order valence-corrected chi connectivity index (χ1v) is 12.0. The number of aliphatic imine (C=N–C) groups is 2. The summed E-state index contributed by atoms with van der Waals surface area (Å²) in [4.78, 5) is 34.0. The van der Waals surface area contributed by atoms with Crippen molar-refractivity contribution in [3.8, 4) is 17.2 Å². The van der Waals surface area contributed by atoms with Crippen LogP contribution in [0, 0.1) is 20.8 Å². The van der Waals surface area contributed by atoms with Crippen LogP contribution < -0.4 is 25.7 Å². The molecule has 4 rings (SSSR count). The molecule has 0 radical (unpaired) electrons. The smallest absolute Gasteiger partial charge is 0.296 e. The molecule has 206 valence electrons. The van der Waals surface area contributed by atoms with Gasteiger partial charge in [0.2, 0.25) is 17.7 Å². The highest BCUT2D eigenvalue weighted by Gasteiger charge is 2.25. The zero-order chi connectivity index (χ0) is 29.0. The zero-order valence-electron chi connectivity index (χ0n) is 23.4. The van der Waals surface area contributed by atoms with Crippen LogP contribution in [0.2, 0.25) is 0 Å². The molecule has 11 nitrogen and oxygen atoms in total. The summed E-state index contributed by atoms with van der Waals surface area (Å²) in [5.74, 6) is 1.24. The van der Waals surface area contributed by atoms with Crippen LogP contribution in [0.1, 0.15) is 27.8 Å². The second-order valence-electron chi connectivity index (χ2n) is 8.97. The number of guanidine groups is 2. The zero-order valence-corrected chi connectivity index (χ0v) is 23.4. The molecule has 4 N–H and O–H groups in total. The van der Waals surface area contributed by atoms with E-state index in [1.165, 1.54) is 42.9 Å². The fourth-order valence-corrected chi connectivity index (χ4v) is 3.98. The highest BCUT2D eigenvalue weighted by molar-refractivity contribution is 6.12. The Morgan fingerprint density at radius 2 is 1.08 bits per heavy atom. The number of amides is 2. The Morgan fingerprint density at radius 3 is 1.38 bits per heavy atom. The molecule has 2 amide bonds. The summed E-state index contributed by atoms with van der Waals surface area (Å²) in [6.07, 6.45) is 3.49. The van der Waals surface area contributed by atoms with E-state index in [0.717, 1.165) is 5.56 Å². The first-order chi connectivity index (χ1) is 18.4. The molecule has 0 bridgehead atoms. The third-order valence-electron chi connectivity index (χ3n) is 6.52. The van der Waals surface area contributed by atoms with Gasteiger partial charge in [0.25, 0.3) is 11.8 Å². The van der Waals surface area contributed by atoms with Gasteiger partial charge in [-0.25, -0.2) is 0 Å². The Bertz CT molecular complexity index is 1390. The van der Waals surface area contributed by atoms with Crippen molar-refractivity contribution in [2.24, 2.45) is 21.5 Å². The van der Waals surface area contributed by atoms with Crippen LogP contribution in [0.4, 0.5) is 0 Å². The molecular weight excluding hydrogens is 500 g/mol. The van der Waals surface area contributed by atoms with Crippen molar-refractivity contribution in [3.63, 3.8) is 0 Å². The molecule has 2 aliphatic heterocycles. The van der Waals surface area contributed by atoms with Gasteiger partial charge in [0.15, 0.2) is 11.5 Å². The average Bonchev–Trinajstić information content (AvgIpc) is 3.29. The van der Waals surface area contributed by atoms with Crippen LogP contribution in [0.25, 0.3) is 12.2 Å². The monoisotopic (exact) mass is 534 g/mol. The molecule has 2 aliphatic rings. The lowest BCUT2D eigenvalue weighted by molar-refractivity contribution is -0.115. The van der Waals surface area contributed by atoms with Crippen molar-refractivity contribution >= 4 is 35.9 Å². The molecule has 0 aliphatic carbocycles. The van der Waals surface area contributed by atoms with Gasteiger partial charge in [-0.15, -0.1) is 0 Å². The first-order valence-electron chi connectivity index (χ1n) is 12.0. The van der Waals surface area contributed by atoms with Crippen LogP contribution in [-0.2, 0) is 9.59 Å². The molecule has 39 heavy (non-hydrogen) atoms. The molecule has 0 spiro atoms. The summed E-state index contributed by atoms with van der Waals surface area (Å²) in [6.45, 7) is 6.22. The van der Waals surface area contributed by atoms with Crippen molar-refractivity contribution in [3.05, 3.63) is 63.5 Å². The van der Waals surface area contributed by atoms with Gasteiger partial charge in [0.1, 0.15) is 11.4 Å². The fraction of sp³-hybridized carbons (Fsp3) is 0.286. The van der Waals surface area contributed by atoms with E-state index >= 15 is 0 Å². The minimum Gasteiger partial charge on any atom is -0.493 e. The number of carbonyl (C=O) groups is 2. The molecule has 2 aromatic carbocycles.